The summed E-state index contributed by atoms with van der Waals surface area (Å²) in [5, 5.41) is 0.883. The third kappa shape index (κ3) is 3.88. The molecular formula is C14H10BrCl2NO2. The quantitative estimate of drug-likeness (QED) is 0.626. The number of benzene rings is 2. The molecule has 0 aliphatic heterocycles. The van der Waals surface area contributed by atoms with E-state index in [1.165, 1.54) is 0 Å². The summed E-state index contributed by atoms with van der Waals surface area (Å²) >= 11 is 15.0. The van der Waals surface area contributed by atoms with E-state index < -0.39 is 5.97 Å². The van der Waals surface area contributed by atoms with E-state index in [9.17, 15) is 4.79 Å². The number of ether oxygens (including phenoxy) is 1. The van der Waals surface area contributed by atoms with Gasteiger partial charge in [0.1, 0.15) is 6.61 Å². The van der Waals surface area contributed by atoms with Crippen molar-refractivity contribution in [2.45, 2.75) is 6.61 Å². The second-order valence-electron chi connectivity index (χ2n) is 4.10. The van der Waals surface area contributed by atoms with E-state index in [0.29, 0.717) is 21.3 Å². The molecule has 0 saturated heterocycles. The fourth-order valence-electron chi connectivity index (χ4n) is 1.59. The minimum atomic E-state index is -0.455. The van der Waals surface area contributed by atoms with Crippen LogP contribution in [0.1, 0.15) is 15.9 Å². The van der Waals surface area contributed by atoms with E-state index in [4.69, 9.17) is 33.7 Å². The molecule has 0 radical (unpaired) electrons. The van der Waals surface area contributed by atoms with Gasteiger partial charge in [0.15, 0.2) is 0 Å². The lowest BCUT2D eigenvalue weighted by atomic mass is 10.2. The standard InChI is InChI=1S/C14H10BrCl2NO2/c15-10-4-9(5-11(18)6-10)14(19)20-7-8-1-2-12(16)13(17)3-8/h1-6H,7,18H2. The predicted octanol–water partition coefficient (Wildman–Crippen LogP) is 4.70. The summed E-state index contributed by atoms with van der Waals surface area (Å²) in [5.41, 5.74) is 7.30. The maximum absolute atomic E-state index is 11.9. The van der Waals surface area contributed by atoms with E-state index in [-0.39, 0.29) is 6.61 Å². The van der Waals surface area contributed by atoms with Gasteiger partial charge in [0.25, 0.3) is 0 Å². The number of nitrogens with two attached hydrogens (primary N) is 1. The maximum Gasteiger partial charge on any atom is 0.338 e. The van der Waals surface area contributed by atoms with Crippen molar-refractivity contribution in [1.29, 1.82) is 0 Å². The molecule has 0 fully saturated rings. The second kappa shape index (κ2) is 6.48. The first kappa shape index (κ1) is 15.2. The van der Waals surface area contributed by atoms with Crippen LogP contribution in [0.4, 0.5) is 5.69 Å². The van der Waals surface area contributed by atoms with Gasteiger partial charge in [0.2, 0.25) is 0 Å². The minimum Gasteiger partial charge on any atom is -0.457 e. The van der Waals surface area contributed by atoms with Crippen LogP contribution in [0.15, 0.2) is 40.9 Å². The Bertz CT molecular complexity index is 641. The topological polar surface area (TPSA) is 52.3 Å². The van der Waals surface area contributed by atoms with Gasteiger partial charge in [-0.05, 0) is 35.9 Å². The third-order valence-corrected chi connectivity index (χ3v) is 3.71. The number of halogens is 3. The number of anilines is 1. The smallest absolute Gasteiger partial charge is 0.338 e. The number of carbonyl (C=O) groups is 1. The fraction of sp³-hybridized carbons (Fsp3) is 0.0714. The zero-order valence-corrected chi connectivity index (χ0v) is 13.3. The summed E-state index contributed by atoms with van der Waals surface area (Å²) in [6.45, 7) is 0.113. The molecule has 20 heavy (non-hydrogen) atoms. The average molecular weight is 375 g/mol. The van der Waals surface area contributed by atoms with Crippen LogP contribution in [-0.4, -0.2) is 5.97 Å². The van der Waals surface area contributed by atoms with Crippen LogP contribution in [0.5, 0.6) is 0 Å². The molecule has 2 rings (SSSR count). The summed E-state index contributed by atoms with van der Waals surface area (Å²) in [7, 11) is 0. The predicted molar refractivity (Wildman–Crippen MR) is 84.1 cm³/mol. The summed E-state index contributed by atoms with van der Waals surface area (Å²) < 4.78 is 5.92. The lowest BCUT2D eigenvalue weighted by Gasteiger charge is -2.07. The number of hydrogen-bond acceptors (Lipinski definition) is 3. The van der Waals surface area contributed by atoms with Crippen molar-refractivity contribution in [1.82, 2.24) is 0 Å². The van der Waals surface area contributed by atoms with Crippen molar-refractivity contribution in [3.8, 4) is 0 Å². The molecule has 2 aromatic rings. The highest BCUT2D eigenvalue weighted by atomic mass is 79.9. The van der Waals surface area contributed by atoms with Crippen LogP contribution in [0.3, 0.4) is 0 Å². The highest BCUT2D eigenvalue weighted by Gasteiger charge is 2.09. The van der Waals surface area contributed by atoms with Crippen molar-refractivity contribution in [2.75, 3.05) is 5.73 Å². The maximum atomic E-state index is 11.9. The molecule has 0 aliphatic rings. The molecule has 0 aromatic heterocycles. The van der Waals surface area contributed by atoms with Gasteiger partial charge < -0.3 is 10.5 Å². The van der Waals surface area contributed by atoms with Crippen LogP contribution >= 0.6 is 39.1 Å². The Kier molecular flexibility index (Phi) is 4.91. The van der Waals surface area contributed by atoms with Crippen molar-refractivity contribution >= 4 is 50.8 Å². The molecule has 0 heterocycles. The van der Waals surface area contributed by atoms with Gasteiger partial charge in [-0.25, -0.2) is 4.79 Å². The third-order valence-electron chi connectivity index (χ3n) is 2.51. The van der Waals surface area contributed by atoms with Crippen molar-refractivity contribution < 1.29 is 9.53 Å². The van der Waals surface area contributed by atoms with Gasteiger partial charge in [0.05, 0.1) is 15.6 Å². The highest BCUT2D eigenvalue weighted by Crippen LogP contribution is 2.23. The minimum absolute atomic E-state index is 0.113. The van der Waals surface area contributed by atoms with E-state index in [1.807, 2.05) is 0 Å². The Morgan fingerprint density at radius 1 is 1.15 bits per heavy atom. The molecule has 0 saturated carbocycles. The van der Waals surface area contributed by atoms with E-state index in [2.05, 4.69) is 15.9 Å². The molecule has 6 heteroatoms. The zero-order chi connectivity index (χ0) is 14.7. The molecule has 3 nitrogen and oxygen atoms in total. The molecule has 2 N–H and O–H groups in total. The summed E-state index contributed by atoms with van der Waals surface area (Å²) in [4.78, 5) is 11.9. The van der Waals surface area contributed by atoms with Crippen molar-refractivity contribution in [3.63, 3.8) is 0 Å². The molecular weight excluding hydrogens is 365 g/mol. The zero-order valence-electron chi connectivity index (χ0n) is 10.2. The summed E-state index contributed by atoms with van der Waals surface area (Å²) in [6, 6.07) is 9.97. The van der Waals surface area contributed by atoms with Gasteiger partial charge in [-0.1, -0.05) is 45.2 Å². The molecule has 0 unspecified atom stereocenters. The SMILES string of the molecule is Nc1cc(Br)cc(C(=O)OCc2ccc(Cl)c(Cl)c2)c1. The monoisotopic (exact) mass is 373 g/mol. The van der Waals surface area contributed by atoms with E-state index in [1.54, 1.807) is 36.4 Å². The van der Waals surface area contributed by atoms with Gasteiger partial charge in [0, 0.05) is 10.2 Å². The summed E-state index contributed by atoms with van der Waals surface area (Å²) in [6.07, 6.45) is 0. The van der Waals surface area contributed by atoms with Crippen LogP contribution in [0.2, 0.25) is 10.0 Å². The normalized spacial score (nSPS) is 10.3. The number of rotatable bonds is 3. The molecule has 0 spiro atoms. The first-order valence-electron chi connectivity index (χ1n) is 5.63. The second-order valence-corrected chi connectivity index (χ2v) is 5.83. The lowest BCUT2D eigenvalue weighted by molar-refractivity contribution is 0.0472. The van der Waals surface area contributed by atoms with Crippen LogP contribution in [0, 0.1) is 0 Å². The Balaban J connectivity index is 2.06. The fourth-order valence-corrected chi connectivity index (χ4v) is 2.42. The van der Waals surface area contributed by atoms with Gasteiger partial charge >= 0.3 is 5.97 Å². The first-order valence-corrected chi connectivity index (χ1v) is 7.18. The van der Waals surface area contributed by atoms with Crippen molar-refractivity contribution in [3.05, 3.63) is 62.0 Å². The van der Waals surface area contributed by atoms with Gasteiger partial charge in [-0.3, -0.25) is 0 Å². The van der Waals surface area contributed by atoms with Gasteiger partial charge in [-0.2, -0.15) is 0 Å². The Morgan fingerprint density at radius 3 is 2.55 bits per heavy atom. The molecule has 0 bridgehead atoms. The highest BCUT2D eigenvalue weighted by molar-refractivity contribution is 9.10. The van der Waals surface area contributed by atoms with E-state index >= 15 is 0 Å². The van der Waals surface area contributed by atoms with Crippen LogP contribution in [0.25, 0.3) is 0 Å². The largest absolute Gasteiger partial charge is 0.457 e. The Hall–Kier alpha value is -1.23. The lowest BCUT2D eigenvalue weighted by Crippen LogP contribution is -2.06. The molecule has 104 valence electrons. The molecule has 0 aliphatic carbocycles. The number of nitrogen functional groups attached to an aromatic ring is 1. The number of hydrogen-bond donors (Lipinski definition) is 1. The Labute approximate surface area is 134 Å². The van der Waals surface area contributed by atoms with Crippen molar-refractivity contribution in [2.24, 2.45) is 0 Å². The van der Waals surface area contributed by atoms with Crippen LogP contribution in [-0.2, 0) is 11.3 Å². The number of carbonyl (C=O) groups excluding carboxylic acids is 1. The summed E-state index contributed by atoms with van der Waals surface area (Å²) in [5.74, 6) is -0.455. The van der Waals surface area contributed by atoms with E-state index in [0.717, 1.165) is 10.0 Å². The molecule has 0 atom stereocenters. The average Bonchev–Trinajstić information content (AvgIpc) is 2.38. The van der Waals surface area contributed by atoms with Crippen LogP contribution < -0.4 is 5.73 Å². The first-order chi connectivity index (χ1) is 9.45. The van der Waals surface area contributed by atoms with Gasteiger partial charge in [-0.15, -0.1) is 0 Å². The molecule has 0 amide bonds. The molecule has 2 aromatic carbocycles. The Morgan fingerprint density at radius 2 is 1.90 bits per heavy atom. The number of esters is 1.